The van der Waals surface area contributed by atoms with Gasteiger partial charge in [0.05, 0.1) is 15.9 Å². The molecule has 0 atom stereocenters. The summed E-state index contributed by atoms with van der Waals surface area (Å²) in [6.07, 6.45) is 1.69. The Hall–Kier alpha value is -2.18. The van der Waals surface area contributed by atoms with Crippen LogP contribution in [0.1, 0.15) is 67.9 Å². The van der Waals surface area contributed by atoms with E-state index in [1.165, 1.54) is 6.07 Å². The first-order valence-electron chi connectivity index (χ1n) is 7.85. The Bertz CT molecular complexity index is 589. The first-order chi connectivity index (χ1) is 10.6. The molecule has 0 aliphatic carbocycles. The van der Waals surface area contributed by atoms with Crippen LogP contribution < -0.4 is 4.90 Å². The molecule has 0 saturated carbocycles. The molecule has 144 valence electrons. The van der Waals surface area contributed by atoms with Gasteiger partial charge in [-0.25, -0.2) is 0 Å². The SMILES string of the molecule is C.C.CCCN(CCC)c1c([N+](=O)[O-])cc([N+](=O)[O-])cc1C(C)(C)C. The van der Waals surface area contributed by atoms with Gasteiger partial charge < -0.3 is 4.90 Å². The summed E-state index contributed by atoms with van der Waals surface area (Å²) < 4.78 is 0. The van der Waals surface area contributed by atoms with Gasteiger partial charge in [0.1, 0.15) is 5.69 Å². The Balaban J connectivity index is 0. The highest BCUT2D eigenvalue weighted by molar-refractivity contribution is 5.73. The number of nitro benzene ring substituents is 2. The van der Waals surface area contributed by atoms with Gasteiger partial charge in [-0.2, -0.15) is 0 Å². The molecule has 1 aromatic carbocycles. The second-order valence-corrected chi connectivity index (χ2v) is 6.61. The van der Waals surface area contributed by atoms with Gasteiger partial charge in [0.15, 0.2) is 0 Å². The van der Waals surface area contributed by atoms with Crippen molar-refractivity contribution in [2.45, 2.75) is 67.7 Å². The van der Waals surface area contributed by atoms with Crippen LogP contribution in [0.25, 0.3) is 0 Å². The summed E-state index contributed by atoms with van der Waals surface area (Å²) >= 11 is 0. The molecular weight excluding hydrogens is 322 g/mol. The van der Waals surface area contributed by atoms with Crippen molar-refractivity contribution in [1.82, 2.24) is 0 Å². The molecular formula is C18H33N3O4. The lowest BCUT2D eigenvalue weighted by molar-refractivity contribution is -0.393. The van der Waals surface area contributed by atoms with E-state index in [0.29, 0.717) is 24.3 Å². The van der Waals surface area contributed by atoms with Gasteiger partial charge in [-0.15, -0.1) is 0 Å². The molecule has 0 radical (unpaired) electrons. The Labute approximate surface area is 151 Å². The molecule has 0 spiro atoms. The summed E-state index contributed by atoms with van der Waals surface area (Å²) in [5, 5.41) is 22.7. The first-order valence-corrected chi connectivity index (χ1v) is 7.85. The number of hydrogen-bond donors (Lipinski definition) is 0. The predicted molar refractivity (Wildman–Crippen MR) is 105 cm³/mol. The molecule has 7 nitrogen and oxygen atoms in total. The maximum Gasteiger partial charge on any atom is 0.299 e. The molecule has 0 N–H and O–H groups in total. The molecule has 0 saturated heterocycles. The number of hydrogen-bond acceptors (Lipinski definition) is 5. The van der Waals surface area contributed by atoms with E-state index in [0.717, 1.165) is 18.9 Å². The molecule has 0 aliphatic heterocycles. The molecule has 0 heterocycles. The van der Waals surface area contributed by atoms with Crippen LogP contribution in [0.5, 0.6) is 0 Å². The third-order valence-corrected chi connectivity index (χ3v) is 3.59. The zero-order valence-corrected chi connectivity index (χ0v) is 14.5. The Morgan fingerprint density at radius 1 is 0.960 bits per heavy atom. The van der Waals surface area contributed by atoms with Crippen LogP contribution in [0.3, 0.4) is 0 Å². The summed E-state index contributed by atoms with van der Waals surface area (Å²) in [6.45, 7) is 11.1. The highest BCUT2D eigenvalue weighted by Crippen LogP contribution is 2.42. The van der Waals surface area contributed by atoms with Crippen molar-refractivity contribution >= 4 is 17.1 Å². The number of rotatable bonds is 7. The summed E-state index contributed by atoms with van der Waals surface area (Å²) in [6, 6.07) is 2.55. The van der Waals surface area contributed by atoms with E-state index in [4.69, 9.17) is 0 Å². The lowest BCUT2D eigenvalue weighted by atomic mass is 9.84. The third kappa shape index (κ3) is 5.99. The van der Waals surface area contributed by atoms with Crippen molar-refractivity contribution in [3.8, 4) is 0 Å². The standard InChI is InChI=1S/C16H25N3O4.2CH4/c1-6-8-17(9-7-2)15-13(16(3,4)5)10-12(18(20)21)11-14(15)19(22)23;;/h10-11H,6-9H2,1-5H3;2*1H4. The Kier molecular flexibility index (Phi) is 9.98. The molecule has 25 heavy (non-hydrogen) atoms. The number of benzene rings is 1. The predicted octanol–water partition coefficient (Wildman–Crippen LogP) is 5.70. The van der Waals surface area contributed by atoms with Crippen molar-refractivity contribution in [1.29, 1.82) is 0 Å². The summed E-state index contributed by atoms with van der Waals surface area (Å²) in [4.78, 5) is 23.6. The van der Waals surface area contributed by atoms with Gasteiger partial charge in [-0.1, -0.05) is 49.5 Å². The normalized spacial score (nSPS) is 10.4. The van der Waals surface area contributed by atoms with Crippen LogP contribution >= 0.6 is 0 Å². The van der Waals surface area contributed by atoms with Crippen LogP contribution in [0.4, 0.5) is 17.1 Å². The fraction of sp³-hybridized carbons (Fsp3) is 0.667. The van der Waals surface area contributed by atoms with Gasteiger partial charge in [0, 0.05) is 19.2 Å². The molecule has 0 amide bonds. The molecule has 1 rings (SSSR count). The van der Waals surface area contributed by atoms with Crippen LogP contribution in [0, 0.1) is 20.2 Å². The van der Waals surface area contributed by atoms with E-state index < -0.39 is 15.3 Å². The Morgan fingerprint density at radius 2 is 1.44 bits per heavy atom. The number of anilines is 1. The van der Waals surface area contributed by atoms with Crippen molar-refractivity contribution < 1.29 is 9.85 Å². The second-order valence-electron chi connectivity index (χ2n) is 6.61. The maximum atomic E-state index is 11.5. The largest absolute Gasteiger partial charge is 0.366 e. The number of nitrogens with zero attached hydrogens (tertiary/aromatic N) is 3. The van der Waals surface area contributed by atoms with Crippen LogP contribution in [-0.2, 0) is 5.41 Å². The monoisotopic (exact) mass is 355 g/mol. The van der Waals surface area contributed by atoms with Crippen molar-refractivity contribution in [2.24, 2.45) is 0 Å². The van der Waals surface area contributed by atoms with E-state index >= 15 is 0 Å². The second kappa shape index (κ2) is 9.96. The third-order valence-electron chi connectivity index (χ3n) is 3.59. The zero-order valence-electron chi connectivity index (χ0n) is 14.5. The minimum atomic E-state index is -0.573. The number of non-ortho nitro benzene ring substituents is 1. The highest BCUT2D eigenvalue weighted by Gasteiger charge is 2.32. The summed E-state index contributed by atoms with van der Waals surface area (Å²) in [7, 11) is 0. The topological polar surface area (TPSA) is 89.5 Å². The molecule has 0 aliphatic rings. The first kappa shape index (κ1) is 25.1. The van der Waals surface area contributed by atoms with E-state index in [-0.39, 0.29) is 26.2 Å². The quantitative estimate of drug-likeness (QED) is 0.462. The molecule has 0 fully saturated rings. The van der Waals surface area contributed by atoms with Gasteiger partial charge in [0.2, 0.25) is 0 Å². The lowest BCUT2D eigenvalue weighted by Crippen LogP contribution is -2.29. The van der Waals surface area contributed by atoms with Gasteiger partial charge in [-0.05, 0) is 23.8 Å². The average Bonchev–Trinajstić information content (AvgIpc) is 2.44. The van der Waals surface area contributed by atoms with Crippen molar-refractivity contribution in [2.75, 3.05) is 18.0 Å². The fourth-order valence-electron chi connectivity index (χ4n) is 2.63. The lowest BCUT2D eigenvalue weighted by Gasteiger charge is -2.30. The summed E-state index contributed by atoms with van der Waals surface area (Å²) in [5.74, 6) is 0. The van der Waals surface area contributed by atoms with Crippen LogP contribution in [-0.4, -0.2) is 22.9 Å². The van der Waals surface area contributed by atoms with Gasteiger partial charge in [-0.3, -0.25) is 20.2 Å². The molecule has 1 aromatic rings. The smallest absolute Gasteiger partial charge is 0.299 e. The van der Waals surface area contributed by atoms with Gasteiger partial charge in [0.25, 0.3) is 11.4 Å². The highest BCUT2D eigenvalue weighted by atomic mass is 16.6. The van der Waals surface area contributed by atoms with E-state index in [1.807, 2.05) is 39.5 Å². The summed E-state index contributed by atoms with van der Waals surface area (Å²) in [5.41, 5.74) is 0.285. The minimum absolute atomic E-state index is 0. The maximum absolute atomic E-state index is 11.5. The molecule has 0 unspecified atom stereocenters. The van der Waals surface area contributed by atoms with Crippen molar-refractivity contribution in [3.05, 3.63) is 37.9 Å². The van der Waals surface area contributed by atoms with E-state index in [1.54, 1.807) is 0 Å². The van der Waals surface area contributed by atoms with Crippen LogP contribution in [0.2, 0.25) is 0 Å². The van der Waals surface area contributed by atoms with Crippen molar-refractivity contribution in [3.63, 3.8) is 0 Å². The van der Waals surface area contributed by atoms with Gasteiger partial charge >= 0.3 is 0 Å². The Morgan fingerprint density at radius 3 is 1.76 bits per heavy atom. The fourth-order valence-corrected chi connectivity index (χ4v) is 2.63. The minimum Gasteiger partial charge on any atom is -0.366 e. The van der Waals surface area contributed by atoms with E-state index in [9.17, 15) is 20.2 Å². The number of nitro groups is 2. The van der Waals surface area contributed by atoms with Crippen LogP contribution in [0.15, 0.2) is 12.1 Å². The molecule has 0 aromatic heterocycles. The molecule has 7 heteroatoms. The molecule has 0 bridgehead atoms. The zero-order chi connectivity index (χ0) is 17.8. The average molecular weight is 355 g/mol. The van der Waals surface area contributed by atoms with E-state index in [2.05, 4.69) is 0 Å².